The van der Waals surface area contributed by atoms with Crippen LogP contribution in [0, 0.1) is 11.3 Å². The van der Waals surface area contributed by atoms with Crippen molar-refractivity contribution in [3.63, 3.8) is 0 Å². The summed E-state index contributed by atoms with van der Waals surface area (Å²) in [6.45, 7) is 14.1. The van der Waals surface area contributed by atoms with Gasteiger partial charge in [-0.25, -0.2) is 0 Å². The van der Waals surface area contributed by atoms with Crippen molar-refractivity contribution in [2.45, 2.75) is 59.8 Å². The van der Waals surface area contributed by atoms with Gasteiger partial charge in [0.2, 0.25) is 0 Å². The average Bonchev–Trinajstić information content (AvgIpc) is 2.34. The molecule has 20 heavy (non-hydrogen) atoms. The van der Waals surface area contributed by atoms with E-state index in [9.17, 15) is 0 Å². The van der Waals surface area contributed by atoms with E-state index in [1.807, 2.05) is 0 Å². The van der Waals surface area contributed by atoms with E-state index in [0.29, 0.717) is 12.0 Å². The Hall–Kier alpha value is -0.120. The van der Waals surface area contributed by atoms with Crippen LogP contribution < -0.4 is 5.32 Å². The Balaban J connectivity index is 4.07. The summed E-state index contributed by atoms with van der Waals surface area (Å²) >= 11 is 0. The molecule has 122 valence electrons. The third-order valence-corrected chi connectivity index (χ3v) is 3.81. The fourth-order valence-corrected chi connectivity index (χ4v) is 2.89. The van der Waals surface area contributed by atoms with E-state index in [1.165, 1.54) is 19.3 Å². The second-order valence-corrected chi connectivity index (χ2v) is 7.11. The Morgan fingerprint density at radius 3 is 2.45 bits per heavy atom. The topological polar surface area (TPSA) is 35.5 Å². The summed E-state index contributed by atoms with van der Waals surface area (Å²) < 4.78 is 0. The summed E-state index contributed by atoms with van der Waals surface area (Å²) in [4.78, 5) is 2.46. The Kier molecular flexibility index (Phi) is 11.5. The largest absolute Gasteiger partial charge is 0.396 e. The van der Waals surface area contributed by atoms with Crippen molar-refractivity contribution in [2.24, 2.45) is 11.3 Å². The van der Waals surface area contributed by atoms with Gasteiger partial charge in [-0.2, -0.15) is 0 Å². The molecule has 0 bridgehead atoms. The lowest BCUT2D eigenvalue weighted by Crippen LogP contribution is -2.42. The van der Waals surface area contributed by atoms with Crippen LogP contribution in [0.2, 0.25) is 0 Å². The van der Waals surface area contributed by atoms with Crippen molar-refractivity contribution < 1.29 is 5.11 Å². The molecule has 0 aliphatic carbocycles. The molecule has 0 aromatic rings. The maximum atomic E-state index is 8.81. The number of hydrogen-bond acceptors (Lipinski definition) is 3. The van der Waals surface area contributed by atoms with Gasteiger partial charge in [-0.3, -0.25) is 0 Å². The molecule has 2 N–H and O–H groups in total. The highest BCUT2D eigenvalue weighted by atomic mass is 16.2. The summed E-state index contributed by atoms with van der Waals surface area (Å²) in [7, 11) is 2.23. The SMILES string of the molecule is CCCC(C)(CNCC(C)C)CN(C)CCCCCO. The summed E-state index contributed by atoms with van der Waals surface area (Å²) in [5.74, 6) is 0.720. The fourth-order valence-electron chi connectivity index (χ4n) is 2.89. The van der Waals surface area contributed by atoms with Crippen LogP contribution in [0.1, 0.15) is 59.8 Å². The maximum absolute atomic E-state index is 8.81. The molecule has 0 aromatic heterocycles. The van der Waals surface area contributed by atoms with Crippen molar-refractivity contribution in [3.8, 4) is 0 Å². The van der Waals surface area contributed by atoms with Gasteiger partial charge in [0.1, 0.15) is 0 Å². The Morgan fingerprint density at radius 2 is 1.90 bits per heavy atom. The van der Waals surface area contributed by atoms with Crippen LogP contribution >= 0.6 is 0 Å². The highest BCUT2D eigenvalue weighted by Gasteiger charge is 2.24. The van der Waals surface area contributed by atoms with E-state index in [4.69, 9.17) is 5.11 Å². The first-order valence-corrected chi connectivity index (χ1v) is 8.43. The van der Waals surface area contributed by atoms with Gasteiger partial charge in [0.25, 0.3) is 0 Å². The Morgan fingerprint density at radius 1 is 1.20 bits per heavy atom. The molecule has 0 fully saturated rings. The predicted octanol–water partition coefficient (Wildman–Crippen LogP) is 3.13. The first-order chi connectivity index (χ1) is 9.43. The third kappa shape index (κ3) is 10.6. The molecule has 0 heterocycles. The zero-order chi connectivity index (χ0) is 15.4. The average molecular weight is 287 g/mol. The molecular weight excluding hydrogens is 248 g/mol. The van der Waals surface area contributed by atoms with Crippen LogP contribution in [-0.2, 0) is 0 Å². The van der Waals surface area contributed by atoms with Gasteiger partial charge in [0.05, 0.1) is 0 Å². The van der Waals surface area contributed by atoms with E-state index in [1.54, 1.807) is 0 Å². The minimum Gasteiger partial charge on any atom is -0.396 e. The number of nitrogens with one attached hydrogen (secondary N) is 1. The van der Waals surface area contributed by atoms with Crippen molar-refractivity contribution in [1.82, 2.24) is 10.2 Å². The van der Waals surface area contributed by atoms with Crippen molar-refractivity contribution in [3.05, 3.63) is 0 Å². The lowest BCUT2D eigenvalue weighted by Gasteiger charge is -2.34. The van der Waals surface area contributed by atoms with E-state index in [0.717, 1.165) is 44.9 Å². The van der Waals surface area contributed by atoms with Crippen LogP contribution in [0.25, 0.3) is 0 Å². The highest BCUT2D eigenvalue weighted by molar-refractivity contribution is 4.80. The van der Waals surface area contributed by atoms with Gasteiger partial charge < -0.3 is 15.3 Å². The predicted molar refractivity (Wildman–Crippen MR) is 89.2 cm³/mol. The maximum Gasteiger partial charge on any atom is 0.0431 e. The molecule has 0 saturated carbocycles. The lowest BCUT2D eigenvalue weighted by molar-refractivity contribution is 0.168. The Labute approximate surface area is 127 Å². The lowest BCUT2D eigenvalue weighted by atomic mass is 9.84. The van der Waals surface area contributed by atoms with Crippen LogP contribution in [-0.4, -0.2) is 49.8 Å². The van der Waals surface area contributed by atoms with Gasteiger partial charge in [0, 0.05) is 19.7 Å². The zero-order valence-corrected chi connectivity index (χ0v) is 14.5. The molecule has 0 aliphatic heterocycles. The normalized spacial score (nSPS) is 15.0. The molecular formula is C17H38N2O. The van der Waals surface area contributed by atoms with Gasteiger partial charge in [0.15, 0.2) is 0 Å². The molecule has 0 spiro atoms. The molecule has 0 amide bonds. The van der Waals surface area contributed by atoms with Crippen molar-refractivity contribution in [1.29, 1.82) is 0 Å². The second-order valence-electron chi connectivity index (χ2n) is 7.11. The fraction of sp³-hybridized carbons (Fsp3) is 1.00. The van der Waals surface area contributed by atoms with Crippen molar-refractivity contribution in [2.75, 3.05) is 39.8 Å². The van der Waals surface area contributed by atoms with E-state index in [2.05, 4.69) is 45.0 Å². The number of nitrogens with zero attached hydrogens (tertiary/aromatic N) is 1. The molecule has 3 heteroatoms. The minimum absolute atomic E-state index is 0.330. The van der Waals surface area contributed by atoms with Crippen molar-refractivity contribution >= 4 is 0 Å². The monoisotopic (exact) mass is 286 g/mol. The minimum atomic E-state index is 0.330. The van der Waals surface area contributed by atoms with Crippen LogP contribution in [0.5, 0.6) is 0 Å². The number of aliphatic hydroxyl groups is 1. The third-order valence-electron chi connectivity index (χ3n) is 3.81. The molecule has 0 saturated heterocycles. The summed E-state index contributed by atoms with van der Waals surface area (Å²) in [6, 6.07) is 0. The van der Waals surface area contributed by atoms with Gasteiger partial charge in [-0.1, -0.05) is 34.1 Å². The molecule has 3 nitrogen and oxygen atoms in total. The molecule has 1 atom stereocenters. The zero-order valence-electron chi connectivity index (χ0n) is 14.5. The number of unbranched alkanes of at least 4 members (excludes halogenated alkanes) is 2. The summed E-state index contributed by atoms with van der Waals surface area (Å²) in [5.41, 5.74) is 0.370. The first kappa shape index (κ1) is 19.9. The van der Waals surface area contributed by atoms with Crippen LogP contribution in [0.15, 0.2) is 0 Å². The molecule has 1 unspecified atom stereocenters. The van der Waals surface area contributed by atoms with Crippen LogP contribution in [0.3, 0.4) is 0 Å². The van der Waals surface area contributed by atoms with Gasteiger partial charge in [-0.15, -0.1) is 0 Å². The van der Waals surface area contributed by atoms with Gasteiger partial charge >= 0.3 is 0 Å². The van der Waals surface area contributed by atoms with Crippen LogP contribution in [0.4, 0.5) is 0 Å². The smallest absolute Gasteiger partial charge is 0.0431 e. The number of rotatable bonds is 13. The number of aliphatic hydroxyl groups excluding tert-OH is 1. The first-order valence-electron chi connectivity index (χ1n) is 8.43. The molecule has 0 radical (unpaired) electrons. The molecule has 0 aliphatic rings. The molecule has 0 rings (SSSR count). The Bertz CT molecular complexity index is 221. The van der Waals surface area contributed by atoms with Gasteiger partial charge in [-0.05, 0) is 57.2 Å². The highest BCUT2D eigenvalue weighted by Crippen LogP contribution is 2.23. The summed E-state index contributed by atoms with van der Waals surface area (Å²) in [5, 5.41) is 12.4. The second kappa shape index (κ2) is 11.5. The van der Waals surface area contributed by atoms with E-state index in [-0.39, 0.29) is 0 Å². The quantitative estimate of drug-likeness (QED) is 0.511. The van der Waals surface area contributed by atoms with E-state index >= 15 is 0 Å². The summed E-state index contributed by atoms with van der Waals surface area (Å²) in [6.07, 6.45) is 5.79. The number of hydrogen-bond donors (Lipinski definition) is 2. The molecule has 0 aromatic carbocycles. The standard InChI is InChI=1S/C17H38N2O/c1-6-10-17(4,14-18-13-16(2)3)15-19(5)11-8-7-9-12-20/h16,18,20H,6-15H2,1-5H3. The van der Waals surface area contributed by atoms with E-state index < -0.39 is 0 Å².